The van der Waals surface area contributed by atoms with Crippen LogP contribution in [-0.2, 0) is 44.7 Å². The van der Waals surface area contributed by atoms with E-state index >= 15 is 0 Å². The number of hydrogen-bond acceptors (Lipinski definition) is 9. The molecule has 0 saturated carbocycles. The van der Waals surface area contributed by atoms with Crippen molar-refractivity contribution in [2.75, 3.05) is 78.5 Å². The zero-order valence-electron chi connectivity index (χ0n) is 36.8. The molecule has 0 radical (unpaired) electrons. The molecule has 0 amide bonds. The first-order valence-electron chi connectivity index (χ1n) is 23.6. The number of phenols is 3. The predicted molar refractivity (Wildman–Crippen MR) is 239 cm³/mol. The second-order valence-electron chi connectivity index (χ2n) is 18.9. The Morgan fingerprint density at radius 3 is 0.864 bits per heavy atom. The van der Waals surface area contributed by atoms with E-state index in [9.17, 15) is 15.3 Å². The summed E-state index contributed by atoms with van der Waals surface area (Å²) in [6.45, 7) is 23.6. The fraction of sp³-hybridized carbons (Fsp3) is 0.640. The predicted octanol–water partition coefficient (Wildman–Crippen LogP) is 7.98. The Balaban J connectivity index is 1.36. The van der Waals surface area contributed by atoms with Gasteiger partial charge in [-0.1, -0.05) is 13.8 Å². The summed E-state index contributed by atoms with van der Waals surface area (Å²) in [5.41, 5.74) is 8.89. The Kier molecular flexibility index (Phi) is 13.9. The molecule has 5 aliphatic heterocycles. The van der Waals surface area contributed by atoms with E-state index in [-0.39, 0.29) is 0 Å². The van der Waals surface area contributed by atoms with Gasteiger partial charge in [-0.3, -0.25) is 29.4 Å². The van der Waals surface area contributed by atoms with Gasteiger partial charge >= 0.3 is 0 Å². The first kappa shape index (κ1) is 42.5. The Hall–Kier alpha value is -3.18. The van der Waals surface area contributed by atoms with Crippen molar-refractivity contribution in [3.8, 4) is 17.2 Å². The Bertz CT molecular complexity index is 1560. The molecule has 5 aliphatic rings. The summed E-state index contributed by atoms with van der Waals surface area (Å²) in [4.78, 5) is 14.9. The number of aromatic hydroxyl groups is 3. The molecule has 0 aromatic heterocycles. The van der Waals surface area contributed by atoms with E-state index < -0.39 is 5.41 Å². The molecule has 9 nitrogen and oxygen atoms in total. The van der Waals surface area contributed by atoms with E-state index in [1.807, 2.05) is 0 Å². The molecule has 3 aromatic rings. The van der Waals surface area contributed by atoms with Gasteiger partial charge in [0.15, 0.2) is 0 Å². The largest absolute Gasteiger partial charge is 0.507 e. The summed E-state index contributed by atoms with van der Waals surface area (Å²) in [5, 5.41) is 36.5. The van der Waals surface area contributed by atoms with Gasteiger partial charge in [-0.25, -0.2) is 0 Å². The lowest BCUT2D eigenvalue weighted by atomic mass is 9.68. The molecular weight excluding hydrogens is 733 g/mol. The lowest BCUT2D eigenvalue weighted by Gasteiger charge is -2.36. The molecule has 0 bridgehead atoms. The van der Waals surface area contributed by atoms with Crippen molar-refractivity contribution in [3.05, 3.63) is 86.5 Å². The van der Waals surface area contributed by atoms with Crippen molar-refractivity contribution in [2.45, 2.75) is 130 Å². The normalized spacial score (nSPS) is 20.3. The van der Waals surface area contributed by atoms with E-state index in [2.05, 4.69) is 86.6 Å². The number of phenolic OH excluding ortho intramolecular Hbond substituents is 3. The molecule has 0 atom stereocenters. The highest BCUT2D eigenvalue weighted by Crippen LogP contribution is 2.46. The third-order valence-corrected chi connectivity index (χ3v) is 14.8. The van der Waals surface area contributed by atoms with Crippen LogP contribution in [0.25, 0.3) is 0 Å². The third-order valence-electron chi connectivity index (χ3n) is 14.8. The molecule has 0 spiro atoms. The van der Waals surface area contributed by atoms with Crippen molar-refractivity contribution >= 4 is 0 Å². The summed E-state index contributed by atoms with van der Waals surface area (Å²) < 4.78 is 0. The molecule has 5 fully saturated rings. The molecule has 59 heavy (non-hydrogen) atoms. The summed E-state index contributed by atoms with van der Waals surface area (Å²) in [7, 11) is 0. The van der Waals surface area contributed by atoms with Crippen LogP contribution in [0.15, 0.2) is 36.4 Å². The second kappa shape index (κ2) is 19.3. The number of benzene rings is 3. The van der Waals surface area contributed by atoms with Gasteiger partial charge in [0.2, 0.25) is 0 Å². The quantitative estimate of drug-likeness (QED) is 0.118. The van der Waals surface area contributed by atoms with Crippen LogP contribution in [0.2, 0.25) is 0 Å². The molecule has 0 aliphatic carbocycles. The van der Waals surface area contributed by atoms with Crippen LogP contribution in [0.4, 0.5) is 0 Å². The van der Waals surface area contributed by atoms with E-state index in [1.54, 1.807) is 0 Å². The Morgan fingerprint density at radius 2 is 0.627 bits per heavy atom. The summed E-state index contributed by atoms with van der Waals surface area (Å²) in [6.07, 6.45) is 12.0. The third kappa shape index (κ3) is 9.66. The maximum Gasteiger partial charge on any atom is 0.124 e. The fourth-order valence-electron chi connectivity index (χ4n) is 11.0. The van der Waals surface area contributed by atoms with Crippen molar-refractivity contribution in [1.29, 1.82) is 0 Å². The standard InChI is InChI=1S/C50H74N6O3/c1-4-51(5-2)32-38-26-44(27-39(47(38)57)33-52-16-6-7-17-52)50(3,45-28-40(34-53-18-8-9-19-53)48(58)41(29-45)35-54-20-10-11-21-54)46-30-42(36-55-22-12-13-23-55)49(59)43(31-46)37-56-24-14-15-25-56/h26-31,57-59H,4-25,32-37H2,1-3H3. The molecule has 5 heterocycles. The van der Waals surface area contributed by atoms with Crippen LogP contribution in [0.5, 0.6) is 17.2 Å². The van der Waals surface area contributed by atoms with Gasteiger partial charge in [0.05, 0.1) is 0 Å². The molecule has 322 valence electrons. The second-order valence-corrected chi connectivity index (χ2v) is 18.9. The zero-order chi connectivity index (χ0) is 40.9. The smallest absolute Gasteiger partial charge is 0.124 e. The van der Waals surface area contributed by atoms with Crippen LogP contribution in [0.3, 0.4) is 0 Å². The fourth-order valence-corrected chi connectivity index (χ4v) is 11.0. The summed E-state index contributed by atoms with van der Waals surface area (Å²) in [6, 6.07) is 13.9. The van der Waals surface area contributed by atoms with Gasteiger partial charge in [0.1, 0.15) is 17.2 Å². The highest BCUT2D eigenvalue weighted by atomic mass is 16.3. The minimum Gasteiger partial charge on any atom is -0.507 e. The van der Waals surface area contributed by atoms with Gasteiger partial charge < -0.3 is 15.3 Å². The number of rotatable bonds is 17. The highest BCUT2D eigenvalue weighted by Gasteiger charge is 2.37. The van der Waals surface area contributed by atoms with Gasteiger partial charge in [-0.2, -0.15) is 0 Å². The number of hydrogen-bond donors (Lipinski definition) is 3. The zero-order valence-corrected chi connectivity index (χ0v) is 36.8. The molecule has 8 rings (SSSR count). The van der Waals surface area contributed by atoms with Crippen molar-refractivity contribution in [1.82, 2.24) is 29.4 Å². The first-order chi connectivity index (χ1) is 28.7. The maximum absolute atomic E-state index is 12.2. The maximum atomic E-state index is 12.2. The van der Waals surface area contributed by atoms with E-state index in [4.69, 9.17) is 0 Å². The summed E-state index contributed by atoms with van der Waals surface area (Å²) in [5.74, 6) is 1.33. The summed E-state index contributed by atoms with van der Waals surface area (Å²) >= 11 is 0. The van der Waals surface area contributed by atoms with Crippen molar-refractivity contribution < 1.29 is 15.3 Å². The number of likely N-dealkylation sites (tertiary alicyclic amines) is 5. The van der Waals surface area contributed by atoms with Gasteiger partial charge in [-0.05, 0) is 203 Å². The van der Waals surface area contributed by atoms with Crippen LogP contribution in [0, 0.1) is 0 Å². The minimum absolute atomic E-state index is 0.431. The van der Waals surface area contributed by atoms with Crippen molar-refractivity contribution in [3.63, 3.8) is 0 Å². The van der Waals surface area contributed by atoms with Crippen LogP contribution >= 0.6 is 0 Å². The van der Waals surface area contributed by atoms with E-state index in [0.717, 1.165) is 145 Å². The van der Waals surface area contributed by atoms with Crippen molar-refractivity contribution in [2.24, 2.45) is 0 Å². The molecule has 5 saturated heterocycles. The van der Waals surface area contributed by atoms with E-state index in [0.29, 0.717) is 23.8 Å². The van der Waals surface area contributed by atoms with Crippen LogP contribution < -0.4 is 0 Å². The average Bonchev–Trinajstić information content (AvgIpc) is 4.10. The Morgan fingerprint density at radius 1 is 0.407 bits per heavy atom. The number of nitrogens with zero attached hydrogens (tertiary/aromatic N) is 6. The molecule has 3 N–H and O–H groups in total. The molecule has 9 heteroatoms. The lowest BCUT2D eigenvalue weighted by Crippen LogP contribution is -2.30. The lowest BCUT2D eigenvalue weighted by molar-refractivity contribution is 0.287. The molecule has 0 unspecified atom stereocenters. The van der Waals surface area contributed by atoms with Gasteiger partial charge in [0, 0.05) is 78.1 Å². The highest BCUT2D eigenvalue weighted by molar-refractivity contribution is 5.60. The monoisotopic (exact) mass is 807 g/mol. The van der Waals surface area contributed by atoms with Crippen LogP contribution in [0.1, 0.15) is 135 Å². The van der Waals surface area contributed by atoms with Gasteiger partial charge in [-0.15, -0.1) is 0 Å². The Labute approximate surface area is 355 Å². The SMILES string of the molecule is CCN(CC)Cc1cc(C(C)(c2cc(CN3CCCC3)c(O)c(CN3CCCC3)c2)c2cc(CN3CCCC3)c(O)c(CN3CCCC3)c2)cc(CN2CCCC2)c1O. The average molecular weight is 807 g/mol. The van der Waals surface area contributed by atoms with Gasteiger partial charge in [0.25, 0.3) is 0 Å². The topological polar surface area (TPSA) is 80.1 Å². The first-order valence-corrected chi connectivity index (χ1v) is 23.6. The minimum atomic E-state index is -0.661. The van der Waals surface area contributed by atoms with E-state index in [1.165, 1.54) is 80.9 Å². The van der Waals surface area contributed by atoms with Crippen LogP contribution in [-0.4, -0.2) is 123 Å². The molecular formula is C50H74N6O3. The molecule has 3 aromatic carbocycles.